The number of nitrogens with zero attached hydrogens (tertiary/aromatic N) is 1. The molecule has 25 heavy (non-hydrogen) atoms. The van der Waals surface area contributed by atoms with Gasteiger partial charge in [0.2, 0.25) is 5.91 Å². The van der Waals surface area contributed by atoms with Crippen molar-refractivity contribution in [1.29, 1.82) is 0 Å². The fraction of sp³-hybridized carbons (Fsp3) is 0.950. The third kappa shape index (κ3) is 4.55. The SMILES string of the molecule is CCOC1CC(N)(C(=O)NCC2CCN(CCC(C)C)CC2)C1(C)C. The van der Waals surface area contributed by atoms with Crippen molar-refractivity contribution >= 4 is 5.91 Å². The summed E-state index contributed by atoms with van der Waals surface area (Å²) in [5.74, 6) is 1.34. The molecule has 3 N–H and O–H groups in total. The molecule has 2 atom stereocenters. The zero-order chi connectivity index (χ0) is 18.7. The highest BCUT2D eigenvalue weighted by atomic mass is 16.5. The minimum absolute atomic E-state index is 0.00399. The molecule has 1 saturated carbocycles. The van der Waals surface area contributed by atoms with Gasteiger partial charge in [0.15, 0.2) is 0 Å². The normalized spacial score (nSPS) is 30.3. The molecule has 1 aliphatic heterocycles. The molecule has 1 aliphatic carbocycles. The van der Waals surface area contributed by atoms with E-state index < -0.39 is 5.54 Å². The lowest BCUT2D eigenvalue weighted by molar-refractivity contribution is -0.170. The van der Waals surface area contributed by atoms with Crippen LogP contribution < -0.4 is 11.1 Å². The Morgan fingerprint density at radius 1 is 1.32 bits per heavy atom. The molecule has 0 aromatic carbocycles. The average molecular weight is 354 g/mol. The second kappa shape index (κ2) is 8.36. The van der Waals surface area contributed by atoms with Gasteiger partial charge in [-0.2, -0.15) is 0 Å². The Bertz CT molecular complexity index is 444. The van der Waals surface area contributed by atoms with Crippen LogP contribution in [0.3, 0.4) is 0 Å². The van der Waals surface area contributed by atoms with E-state index in [1.165, 1.54) is 25.8 Å². The van der Waals surface area contributed by atoms with Crippen LogP contribution in [0.1, 0.15) is 60.3 Å². The molecule has 0 aromatic rings. The Hall–Kier alpha value is -0.650. The molecule has 2 aliphatic rings. The van der Waals surface area contributed by atoms with Crippen LogP contribution in [0.4, 0.5) is 0 Å². The first-order valence-electron chi connectivity index (χ1n) is 10.1. The van der Waals surface area contributed by atoms with E-state index >= 15 is 0 Å². The highest BCUT2D eigenvalue weighted by Crippen LogP contribution is 2.49. The van der Waals surface area contributed by atoms with Crippen molar-refractivity contribution in [3.63, 3.8) is 0 Å². The third-order valence-corrected chi connectivity index (χ3v) is 6.52. The van der Waals surface area contributed by atoms with E-state index in [0.717, 1.165) is 25.6 Å². The van der Waals surface area contributed by atoms with Gasteiger partial charge >= 0.3 is 0 Å². The van der Waals surface area contributed by atoms with Gasteiger partial charge in [0.1, 0.15) is 5.54 Å². The number of hydrogen-bond donors (Lipinski definition) is 2. The van der Waals surface area contributed by atoms with Gasteiger partial charge in [0.05, 0.1) is 6.10 Å². The van der Waals surface area contributed by atoms with E-state index in [4.69, 9.17) is 10.5 Å². The number of ether oxygens (including phenoxy) is 1. The second-order valence-electron chi connectivity index (χ2n) is 9.02. The number of amides is 1. The van der Waals surface area contributed by atoms with Crippen LogP contribution in [0.15, 0.2) is 0 Å². The Morgan fingerprint density at radius 3 is 2.48 bits per heavy atom. The van der Waals surface area contributed by atoms with Crippen LogP contribution in [-0.2, 0) is 9.53 Å². The van der Waals surface area contributed by atoms with Gasteiger partial charge in [-0.15, -0.1) is 0 Å². The number of nitrogens with two attached hydrogens (primary N) is 1. The molecular formula is C20H39N3O2. The van der Waals surface area contributed by atoms with Crippen molar-refractivity contribution in [2.24, 2.45) is 23.0 Å². The summed E-state index contributed by atoms with van der Waals surface area (Å²) >= 11 is 0. The zero-order valence-corrected chi connectivity index (χ0v) is 16.9. The van der Waals surface area contributed by atoms with Crippen molar-refractivity contribution in [2.45, 2.75) is 71.9 Å². The highest BCUT2D eigenvalue weighted by molar-refractivity contribution is 5.88. The molecule has 2 rings (SSSR count). The minimum atomic E-state index is -0.801. The predicted molar refractivity (Wildman–Crippen MR) is 102 cm³/mol. The maximum Gasteiger partial charge on any atom is 0.240 e. The zero-order valence-electron chi connectivity index (χ0n) is 16.9. The average Bonchev–Trinajstić information content (AvgIpc) is 2.58. The summed E-state index contributed by atoms with van der Waals surface area (Å²) in [6.07, 6.45) is 4.31. The first-order valence-corrected chi connectivity index (χ1v) is 10.1. The molecule has 146 valence electrons. The molecule has 1 saturated heterocycles. The maximum atomic E-state index is 12.7. The van der Waals surface area contributed by atoms with Gasteiger partial charge < -0.3 is 20.7 Å². The van der Waals surface area contributed by atoms with Gasteiger partial charge in [-0.25, -0.2) is 0 Å². The van der Waals surface area contributed by atoms with E-state index in [0.29, 0.717) is 18.9 Å². The van der Waals surface area contributed by atoms with E-state index in [9.17, 15) is 4.79 Å². The molecule has 0 bridgehead atoms. The molecule has 0 spiro atoms. The van der Waals surface area contributed by atoms with Crippen LogP contribution in [0, 0.1) is 17.3 Å². The number of rotatable bonds is 8. The molecule has 1 amide bonds. The van der Waals surface area contributed by atoms with Crippen LogP contribution in [0.25, 0.3) is 0 Å². The smallest absolute Gasteiger partial charge is 0.240 e. The molecule has 2 fully saturated rings. The van der Waals surface area contributed by atoms with Crippen molar-refractivity contribution in [3.05, 3.63) is 0 Å². The summed E-state index contributed by atoms with van der Waals surface area (Å²) < 4.78 is 5.72. The van der Waals surface area contributed by atoms with E-state index in [-0.39, 0.29) is 17.4 Å². The number of carbonyl (C=O) groups excluding carboxylic acids is 1. The van der Waals surface area contributed by atoms with Crippen molar-refractivity contribution < 1.29 is 9.53 Å². The third-order valence-electron chi connectivity index (χ3n) is 6.52. The second-order valence-corrected chi connectivity index (χ2v) is 9.02. The fourth-order valence-electron chi connectivity index (χ4n) is 4.07. The van der Waals surface area contributed by atoms with Crippen molar-refractivity contribution in [1.82, 2.24) is 10.2 Å². The summed E-state index contributed by atoms with van der Waals surface area (Å²) in [4.78, 5) is 15.3. The molecule has 2 unspecified atom stereocenters. The van der Waals surface area contributed by atoms with Gasteiger partial charge in [-0.1, -0.05) is 27.7 Å². The molecule has 5 heteroatoms. The largest absolute Gasteiger partial charge is 0.378 e. The maximum absolute atomic E-state index is 12.7. The molecular weight excluding hydrogens is 314 g/mol. The van der Waals surface area contributed by atoms with Gasteiger partial charge in [0, 0.05) is 25.0 Å². The summed E-state index contributed by atoms with van der Waals surface area (Å²) in [5, 5.41) is 3.14. The Balaban J connectivity index is 1.73. The minimum Gasteiger partial charge on any atom is -0.378 e. The van der Waals surface area contributed by atoms with Gasteiger partial charge in [0.25, 0.3) is 0 Å². The number of likely N-dealkylation sites (tertiary alicyclic amines) is 1. The molecule has 1 heterocycles. The quantitative estimate of drug-likeness (QED) is 0.703. The Labute approximate surface area is 154 Å². The molecule has 0 aromatic heterocycles. The number of carbonyl (C=O) groups is 1. The monoisotopic (exact) mass is 353 g/mol. The van der Waals surface area contributed by atoms with Crippen molar-refractivity contribution in [3.8, 4) is 0 Å². The van der Waals surface area contributed by atoms with Crippen LogP contribution >= 0.6 is 0 Å². The van der Waals surface area contributed by atoms with E-state index in [2.05, 4.69) is 24.1 Å². The highest BCUT2D eigenvalue weighted by Gasteiger charge is 2.62. The van der Waals surface area contributed by atoms with Gasteiger partial charge in [-0.05, 0) is 57.7 Å². The fourth-order valence-corrected chi connectivity index (χ4v) is 4.07. The number of nitrogens with one attached hydrogen (secondary N) is 1. The lowest BCUT2D eigenvalue weighted by Gasteiger charge is -2.57. The van der Waals surface area contributed by atoms with Crippen LogP contribution in [0.5, 0.6) is 0 Å². The topological polar surface area (TPSA) is 67.6 Å². The summed E-state index contributed by atoms with van der Waals surface area (Å²) in [6.45, 7) is 15.6. The van der Waals surface area contributed by atoms with E-state index in [1.54, 1.807) is 0 Å². The van der Waals surface area contributed by atoms with Crippen molar-refractivity contribution in [2.75, 3.05) is 32.8 Å². The Morgan fingerprint density at radius 2 is 1.96 bits per heavy atom. The lowest BCUT2D eigenvalue weighted by atomic mass is 9.54. The number of hydrogen-bond acceptors (Lipinski definition) is 4. The Kier molecular flexibility index (Phi) is 6.91. The van der Waals surface area contributed by atoms with Crippen LogP contribution in [0.2, 0.25) is 0 Å². The first kappa shape index (κ1) is 20.7. The predicted octanol–water partition coefficient (Wildman–Crippen LogP) is 2.39. The number of piperidine rings is 1. The summed E-state index contributed by atoms with van der Waals surface area (Å²) in [5.41, 5.74) is 5.34. The van der Waals surface area contributed by atoms with E-state index in [1.807, 2.05) is 20.8 Å². The summed E-state index contributed by atoms with van der Waals surface area (Å²) in [7, 11) is 0. The molecule has 5 nitrogen and oxygen atoms in total. The van der Waals surface area contributed by atoms with Gasteiger partial charge in [-0.3, -0.25) is 4.79 Å². The standard InChI is InChI=1S/C20H39N3O2/c1-6-25-17-13-20(21,19(17,4)5)18(24)22-14-16-8-11-23(12-9-16)10-7-15(2)3/h15-17H,6-14,21H2,1-5H3,(H,22,24). The summed E-state index contributed by atoms with van der Waals surface area (Å²) in [6, 6.07) is 0. The lowest BCUT2D eigenvalue weighted by Crippen LogP contribution is -2.75. The van der Waals surface area contributed by atoms with Crippen LogP contribution in [-0.4, -0.2) is 55.2 Å². The molecule has 0 radical (unpaired) electrons. The first-order chi connectivity index (χ1) is 11.7.